The highest BCUT2D eigenvalue weighted by Gasteiger charge is 2.19. The van der Waals surface area contributed by atoms with Gasteiger partial charge in [-0.25, -0.2) is 4.79 Å². The maximum Gasteiger partial charge on any atom is 0.344 e. The Hall–Kier alpha value is -3.41. The maximum atomic E-state index is 12.5. The van der Waals surface area contributed by atoms with E-state index in [1.54, 1.807) is 12.1 Å². The van der Waals surface area contributed by atoms with E-state index in [1.165, 1.54) is 19.9 Å². The molecule has 3 rings (SSSR count). The van der Waals surface area contributed by atoms with Crippen molar-refractivity contribution in [2.75, 3.05) is 0 Å². The molecule has 26 heavy (non-hydrogen) atoms. The number of rotatable bonds is 3. The van der Waals surface area contributed by atoms with Crippen LogP contribution in [0.5, 0.6) is 11.5 Å². The van der Waals surface area contributed by atoms with Crippen molar-refractivity contribution in [3.8, 4) is 22.6 Å². The molecule has 1 heterocycles. The van der Waals surface area contributed by atoms with Crippen molar-refractivity contribution in [1.29, 1.82) is 0 Å². The quantitative estimate of drug-likeness (QED) is 0.407. The Bertz CT molecular complexity index is 1080. The lowest BCUT2D eigenvalue weighted by Crippen LogP contribution is -2.09. The number of ether oxygens (including phenoxy) is 2. The Kier molecular flexibility index (Phi) is 4.58. The Balaban J connectivity index is 2.24. The largest absolute Gasteiger partial charge is 0.423 e. The van der Waals surface area contributed by atoms with Crippen LogP contribution >= 0.6 is 0 Å². The molecule has 0 saturated heterocycles. The van der Waals surface area contributed by atoms with Crippen molar-refractivity contribution >= 4 is 22.9 Å². The lowest BCUT2D eigenvalue weighted by Gasteiger charge is -2.11. The number of esters is 2. The van der Waals surface area contributed by atoms with Crippen molar-refractivity contribution < 1.29 is 23.5 Å². The third-order valence-electron chi connectivity index (χ3n) is 3.65. The van der Waals surface area contributed by atoms with E-state index in [0.717, 1.165) is 11.1 Å². The molecule has 0 atom stereocenters. The van der Waals surface area contributed by atoms with Crippen LogP contribution in [-0.4, -0.2) is 11.9 Å². The number of benzene rings is 2. The Morgan fingerprint density at radius 1 is 0.962 bits per heavy atom. The van der Waals surface area contributed by atoms with Gasteiger partial charge in [0.05, 0.1) is 5.56 Å². The van der Waals surface area contributed by atoms with Crippen molar-refractivity contribution in [2.45, 2.75) is 20.8 Å². The molecule has 0 N–H and O–H groups in total. The second-order valence-corrected chi connectivity index (χ2v) is 5.82. The van der Waals surface area contributed by atoms with E-state index < -0.39 is 17.6 Å². The zero-order chi connectivity index (χ0) is 18.8. The number of hydrogen-bond donors (Lipinski definition) is 0. The van der Waals surface area contributed by atoms with Crippen molar-refractivity contribution in [3.63, 3.8) is 0 Å². The van der Waals surface area contributed by atoms with Gasteiger partial charge in [-0.15, -0.1) is 0 Å². The van der Waals surface area contributed by atoms with Crippen LogP contribution in [0.2, 0.25) is 0 Å². The molecule has 6 heteroatoms. The maximum absolute atomic E-state index is 12.5. The zero-order valence-corrected chi connectivity index (χ0v) is 14.5. The molecule has 0 aliphatic rings. The average Bonchev–Trinajstić information content (AvgIpc) is 2.56. The third kappa shape index (κ3) is 3.49. The number of aryl methyl sites for hydroxylation is 1. The first-order chi connectivity index (χ1) is 12.3. The summed E-state index contributed by atoms with van der Waals surface area (Å²) in [5, 5.41) is 0.535. The summed E-state index contributed by atoms with van der Waals surface area (Å²) in [4.78, 5) is 35.2. The first kappa shape index (κ1) is 17.4. The molecule has 0 aliphatic heterocycles. The third-order valence-corrected chi connectivity index (χ3v) is 3.65. The first-order valence-corrected chi connectivity index (χ1v) is 7.90. The van der Waals surface area contributed by atoms with E-state index in [2.05, 4.69) is 0 Å². The van der Waals surface area contributed by atoms with Crippen LogP contribution in [0.15, 0.2) is 51.7 Å². The molecule has 0 spiro atoms. The van der Waals surface area contributed by atoms with Crippen LogP contribution < -0.4 is 15.1 Å². The standard InChI is InChI=1S/C20H16O6/c1-11-5-4-6-14(9-11)16-10-15-7-8-17(24-12(2)21)19(25-13(3)22)18(15)26-20(16)23/h4-10H,1-3H3. The first-order valence-electron chi connectivity index (χ1n) is 7.90. The van der Waals surface area contributed by atoms with Crippen LogP contribution in [0.25, 0.3) is 22.1 Å². The van der Waals surface area contributed by atoms with Crippen LogP contribution in [-0.2, 0) is 9.59 Å². The molecule has 3 aromatic rings. The lowest BCUT2D eigenvalue weighted by atomic mass is 10.0. The summed E-state index contributed by atoms with van der Waals surface area (Å²) in [6.07, 6.45) is 0. The summed E-state index contributed by atoms with van der Waals surface area (Å²) < 4.78 is 15.6. The number of hydrogen-bond acceptors (Lipinski definition) is 6. The average molecular weight is 352 g/mol. The van der Waals surface area contributed by atoms with Gasteiger partial charge in [0.25, 0.3) is 0 Å². The van der Waals surface area contributed by atoms with Gasteiger partial charge in [-0.1, -0.05) is 29.8 Å². The predicted molar refractivity (Wildman–Crippen MR) is 95.3 cm³/mol. The molecule has 0 saturated carbocycles. The smallest absolute Gasteiger partial charge is 0.344 e. The fourth-order valence-corrected chi connectivity index (χ4v) is 2.63. The van der Waals surface area contributed by atoms with Gasteiger partial charge in [-0.3, -0.25) is 9.59 Å². The van der Waals surface area contributed by atoms with Crippen molar-refractivity contribution in [2.24, 2.45) is 0 Å². The monoisotopic (exact) mass is 352 g/mol. The van der Waals surface area contributed by atoms with Gasteiger partial charge in [0.15, 0.2) is 11.3 Å². The highest BCUT2D eigenvalue weighted by molar-refractivity contribution is 5.91. The molecular weight excluding hydrogens is 336 g/mol. The molecule has 0 radical (unpaired) electrons. The lowest BCUT2D eigenvalue weighted by molar-refractivity contribution is -0.134. The molecule has 0 amide bonds. The molecule has 0 aliphatic carbocycles. The molecule has 132 valence electrons. The molecule has 0 bridgehead atoms. The Morgan fingerprint density at radius 3 is 2.35 bits per heavy atom. The van der Waals surface area contributed by atoms with E-state index in [1.807, 2.05) is 31.2 Å². The minimum absolute atomic E-state index is 0.00616. The van der Waals surface area contributed by atoms with Crippen LogP contribution in [0.1, 0.15) is 19.4 Å². The summed E-state index contributed by atoms with van der Waals surface area (Å²) in [5.41, 5.74) is 1.57. The highest BCUT2D eigenvalue weighted by atomic mass is 16.6. The summed E-state index contributed by atoms with van der Waals surface area (Å²) in [5.74, 6) is -1.31. The normalized spacial score (nSPS) is 10.6. The van der Waals surface area contributed by atoms with E-state index in [-0.39, 0.29) is 17.1 Å². The SMILES string of the molecule is CC(=O)Oc1ccc2cc(-c3cccc(C)c3)c(=O)oc2c1OC(C)=O. The van der Waals surface area contributed by atoms with E-state index in [0.29, 0.717) is 10.9 Å². The van der Waals surface area contributed by atoms with E-state index in [9.17, 15) is 14.4 Å². The summed E-state index contributed by atoms with van der Waals surface area (Å²) >= 11 is 0. The summed E-state index contributed by atoms with van der Waals surface area (Å²) in [6.45, 7) is 4.35. The molecule has 0 unspecified atom stereocenters. The van der Waals surface area contributed by atoms with Crippen LogP contribution in [0, 0.1) is 6.92 Å². The highest BCUT2D eigenvalue weighted by Crippen LogP contribution is 2.36. The Labute approximate surface area is 149 Å². The fourth-order valence-electron chi connectivity index (χ4n) is 2.63. The predicted octanol–water partition coefficient (Wildman–Crippen LogP) is 3.62. The molecule has 1 aromatic heterocycles. The topological polar surface area (TPSA) is 82.8 Å². The zero-order valence-electron chi connectivity index (χ0n) is 14.5. The van der Waals surface area contributed by atoms with Gasteiger partial charge in [-0.2, -0.15) is 0 Å². The van der Waals surface area contributed by atoms with Gasteiger partial charge in [0.1, 0.15) is 0 Å². The minimum atomic E-state index is -0.628. The minimum Gasteiger partial charge on any atom is -0.423 e. The second kappa shape index (κ2) is 6.84. The van der Waals surface area contributed by atoms with Gasteiger partial charge in [0.2, 0.25) is 5.75 Å². The van der Waals surface area contributed by atoms with E-state index >= 15 is 0 Å². The molecule has 0 fully saturated rings. The van der Waals surface area contributed by atoms with Crippen molar-refractivity contribution in [1.82, 2.24) is 0 Å². The van der Waals surface area contributed by atoms with E-state index in [4.69, 9.17) is 13.9 Å². The molecular formula is C20H16O6. The van der Waals surface area contributed by atoms with Gasteiger partial charge in [-0.05, 0) is 30.7 Å². The summed E-state index contributed by atoms with van der Waals surface area (Å²) in [6, 6.07) is 12.2. The fraction of sp³-hybridized carbons (Fsp3) is 0.150. The number of fused-ring (bicyclic) bond motifs is 1. The Morgan fingerprint density at radius 2 is 1.69 bits per heavy atom. The van der Waals surface area contributed by atoms with Crippen LogP contribution in [0.3, 0.4) is 0 Å². The van der Waals surface area contributed by atoms with Crippen molar-refractivity contribution in [3.05, 3.63) is 58.4 Å². The molecule has 2 aromatic carbocycles. The summed E-state index contributed by atoms with van der Waals surface area (Å²) in [7, 11) is 0. The number of carbonyl (C=O) groups is 2. The van der Waals surface area contributed by atoms with Gasteiger partial charge in [0, 0.05) is 19.2 Å². The molecule has 6 nitrogen and oxygen atoms in total. The van der Waals surface area contributed by atoms with Gasteiger partial charge >= 0.3 is 17.6 Å². The van der Waals surface area contributed by atoms with Gasteiger partial charge < -0.3 is 13.9 Å². The number of carbonyl (C=O) groups excluding carboxylic acids is 2. The second-order valence-electron chi connectivity index (χ2n) is 5.82. The van der Waals surface area contributed by atoms with Crippen LogP contribution in [0.4, 0.5) is 0 Å².